The van der Waals surface area contributed by atoms with Crippen molar-refractivity contribution in [3.63, 3.8) is 0 Å². The molecule has 0 aliphatic heterocycles. The molecule has 37 heteroatoms. The van der Waals surface area contributed by atoms with Gasteiger partial charge >= 0.3 is 0 Å². The maximum Gasteiger partial charge on any atom is 0.222 e. The van der Waals surface area contributed by atoms with Crippen LogP contribution in [0, 0.1) is 12.7 Å². The first-order valence-electron chi connectivity index (χ1n) is 40.3. The van der Waals surface area contributed by atoms with E-state index in [0.29, 0.717) is 122 Å². The zero-order valence-electron chi connectivity index (χ0n) is 71.7. The Balaban J connectivity index is 0.000000231. The van der Waals surface area contributed by atoms with Gasteiger partial charge in [-0.1, -0.05) is 117 Å². The van der Waals surface area contributed by atoms with Crippen LogP contribution in [-0.4, -0.2) is 165 Å². The highest BCUT2D eigenvalue weighted by atomic mass is 35.5. The van der Waals surface area contributed by atoms with Gasteiger partial charge in [0.25, 0.3) is 0 Å². The second kappa shape index (κ2) is 45.7. The summed E-state index contributed by atoms with van der Waals surface area (Å²) in [6.07, 6.45) is 23.8. The van der Waals surface area contributed by atoms with Gasteiger partial charge in [-0.05, 0) is 116 Å². The van der Waals surface area contributed by atoms with Crippen molar-refractivity contribution >= 4 is 155 Å². The Kier molecular flexibility index (Phi) is 36.8. The van der Waals surface area contributed by atoms with Crippen molar-refractivity contribution in [2.24, 2.45) is 0 Å². The van der Waals surface area contributed by atoms with Crippen LogP contribution in [0.3, 0.4) is 0 Å². The van der Waals surface area contributed by atoms with Gasteiger partial charge in [0.2, 0.25) is 59.3 Å². The number of nitrogens with one attached hydrogen (secondary N) is 10. The van der Waals surface area contributed by atoms with Gasteiger partial charge in [-0.25, -0.2) is 39.3 Å². The Bertz CT molecular complexity index is 4720. The first-order chi connectivity index (χ1) is 56.3. The lowest BCUT2D eigenvalue weighted by Gasteiger charge is -2.32. The van der Waals surface area contributed by atoms with Crippen LogP contribution in [0.15, 0.2) is 73.4 Å². The third kappa shape index (κ3) is 31.8. The number of hydrogen-bond acceptors (Lipinski definition) is 30. The van der Waals surface area contributed by atoms with Crippen LogP contribution in [0.5, 0.6) is 0 Å². The van der Waals surface area contributed by atoms with Gasteiger partial charge in [-0.15, -0.1) is 0 Å². The molecule has 644 valence electrons. The molecule has 0 unspecified atom stereocenters. The number of anilines is 10. The largest absolute Gasteiger partial charge is 0.368 e. The number of halogens is 2. The molecular formula is C82H122ClFN30O5. The average Bonchev–Trinajstić information content (AvgIpc) is 0.818. The number of nitrogen functional groups attached to an aromatic ring is 5. The summed E-state index contributed by atoms with van der Waals surface area (Å²) in [7, 11) is 0. The zero-order chi connectivity index (χ0) is 87.7. The highest BCUT2D eigenvalue weighted by molar-refractivity contribution is 6.31. The van der Waals surface area contributed by atoms with Crippen LogP contribution < -0.4 is 81.8 Å². The molecule has 0 aromatic carbocycles. The zero-order valence-corrected chi connectivity index (χ0v) is 72.4. The van der Waals surface area contributed by atoms with Crippen LogP contribution >= 0.6 is 11.6 Å². The molecular weight excluding hydrogens is 1540 g/mol. The Morgan fingerprint density at radius 3 is 0.916 bits per heavy atom. The van der Waals surface area contributed by atoms with E-state index in [-0.39, 0.29) is 81.4 Å². The van der Waals surface area contributed by atoms with Crippen molar-refractivity contribution in [1.82, 2.24) is 101 Å². The summed E-state index contributed by atoms with van der Waals surface area (Å²) in [5.74, 6) is 2.72. The Labute approximate surface area is 700 Å². The first-order valence-corrected chi connectivity index (χ1v) is 40.7. The van der Waals surface area contributed by atoms with Gasteiger partial charge in [0, 0.05) is 98.2 Å². The van der Waals surface area contributed by atoms with Crippen molar-refractivity contribution in [3.05, 3.63) is 89.9 Å². The molecule has 0 aliphatic carbocycles. The predicted molar refractivity (Wildman–Crippen MR) is 474 cm³/mol. The standard InChI is InChI=1S/2C17H26N6O.C16H23ClN6O.C16H23FN6O.C16H24N6O/c1-5-6-7-17(4,10-20-12(3)24)23-15-14-13(21-16(18)22-15)8-11(2)9-19-14;1-4-5-6-9-17(3,11-20-12(2)24)23-15-14-13(8-7-10-19-14)21-16(18)22-15;2*1-4-5-6-16(3,9-20-10(2)24)23-14-13-12(21-15(18)22-14)7-11(17)8-19-13;1-4-5-8-16(3,10-19-11(2)23)22-14-13-12(7-6-9-18-13)20-15(17)21-14/h8-9H,5-7,10H2,1-4H3,(H,20,24)(H3,18,21,22,23);7-8,10H,4-6,9,11H2,1-3H3,(H,20,24)(H3,18,21,22,23);2*7-8H,4-6,9H2,1-3H3,(H,20,24)(H3,18,21,22,23);6-7,9H,4-5,8,10H2,1-3H3,(H,19,23)(H3,17,20,21,22)/t2*17-;3*16-/m00000/s1. The highest BCUT2D eigenvalue weighted by Gasteiger charge is 2.32. The second-order valence-electron chi connectivity index (χ2n) is 31.2. The summed E-state index contributed by atoms with van der Waals surface area (Å²) in [6, 6.07) is 12.2. The monoisotopic (exact) mass is 1660 g/mol. The van der Waals surface area contributed by atoms with E-state index in [1.807, 2.05) is 51.1 Å². The van der Waals surface area contributed by atoms with E-state index in [9.17, 15) is 28.4 Å². The Morgan fingerprint density at radius 1 is 0.353 bits per heavy atom. The van der Waals surface area contributed by atoms with Gasteiger partial charge in [0.1, 0.15) is 33.4 Å². The third-order valence-electron chi connectivity index (χ3n) is 19.1. The van der Waals surface area contributed by atoms with Crippen molar-refractivity contribution < 1.29 is 28.4 Å². The van der Waals surface area contributed by atoms with E-state index in [1.54, 1.807) is 30.9 Å². The topological polar surface area (TPSA) is 529 Å². The van der Waals surface area contributed by atoms with Gasteiger partial charge in [-0.3, -0.25) is 38.9 Å². The van der Waals surface area contributed by atoms with Crippen molar-refractivity contribution in [2.75, 3.05) is 88.0 Å². The summed E-state index contributed by atoms with van der Waals surface area (Å²) in [5, 5.41) is 31.9. The fraction of sp³-hybridized carbons (Fsp3) is 0.512. The maximum atomic E-state index is 13.4. The number of carbonyl (C=O) groups is 5. The molecule has 20 N–H and O–H groups in total. The molecule has 0 bridgehead atoms. The van der Waals surface area contributed by atoms with Crippen molar-refractivity contribution in [3.8, 4) is 0 Å². The van der Waals surface area contributed by atoms with E-state index >= 15 is 0 Å². The van der Waals surface area contributed by atoms with E-state index in [4.69, 9.17) is 40.3 Å². The van der Waals surface area contributed by atoms with Crippen LogP contribution in [0.2, 0.25) is 5.02 Å². The fourth-order valence-corrected chi connectivity index (χ4v) is 12.8. The minimum Gasteiger partial charge on any atom is -0.368 e. The molecule has 0 saturated carbocycles. The summed E-state index contributed by atoms with van der Waals surface area (Å²) >= 11 is 5.98. The number of pyridine rings is 5. The number of hydrogen-bond donors (Lipinski definition) is 15. The average molecular weight is 1660 g/mol. The molecule has 35 nitrogen and oxygen atoms in total. The van der Waals surface area contributed by atoms with E-state index in [0.717, 1.165) is 114 Å². The lowest BCUT2D eigenvalue weighted by Crippen LogP contribution is -2.46. The molecule has 119 heavy (non-hydrogen) atoms. The molecule has 0 fully saturated rings. The first kappa shape index (κ1) is 95.9. The van der Waals surface area contributed by atoms with Gasteiger partial charge in [0.15, 0.2) is 29.1 Å². The molecule has 10 aromatic heterocycles. The molecule has 0 radical (unpaired) electrons. The minimum absolute atomic E-state index is 0.0368. The van der Waals surface area contributed by atoms with Gasteiger partial charge in [0.05, 0.1) is 66.5 Å². The van der Waals surface area contributed by atoms with Gasteiger partial charge in [-0.2, -0.15) is 24.9 Å². The van der Waals surface area contributed by atoms with Crippen molar-refractivity contribution in [1.29, 1.82) is 0 Å². The summed E-state index contributed by atoms with van der Waals surface area (Å²) in [5.41, 5.74) is 34.3. The number of fused-ring (bicyclic) bond motifs is 5. The molecule has 0 spiro atoms. The van der Waals surface area contributed by atoms with Crippen LogP contribution in [0.25, 0.3) is 55.2 Å². The normalized spacial score (nSPS) is 13.5. The molecule has 10 rings (SSSR count). The quantitative estimate of drug-likeness (QED) is 0.0162. The molecule has 0 aliphatic rings. The number of unbranched alkanes of at least 4 members (excludes halogenated alkanes) is 6. The summed E-state index contributed by atoms with van der Waals surface area (Å²) < 4.78 is 13.4. The maximum absolute atomic E-state index is 13.4. The molecule has 5 atom stereocenters. The minimum atomic E-state index is -0.487. The third-order valence-corrected chi connectivity index (χ3v) is 19.3. The fourth-order valence-electron chi connectivity index (χ4n) is 12.6. The lowest BCUT2D eigenvalue weighted by atomic mass is 9.94. The van der Waals surface area contributed by atoms with Crippen molar-refractivity contribution in [2.45, 2.75) is 241 Å². The van der Waals surface area contributed by atoms with Crippen LogP contribution in [0.1, 0.15) is 212 Å². The summed E-state index contributed by atoms with van der Waals surface area (Å²) in [4.78, 5) is 120. The number of nitrogens with two attached hydrogens (primary N) is 5. The Hall–Kier alpha value is -12.0. The number of nitrogens with zero attached hydrogens (tertiary/aromatic N) is 15. The smallest absolute Gasteiger partial charge is 0.222 e. The Morgan fingerprint density at radius 2 is 0.613 bits per heavy atom. The number of carbonyl (C=O) groups excluding carboxylic acids is 5. The van der Waals surface area contributed by atoms with Crippen LogP contribution in [0.4, 0.5) is 63.2 Å². The number of aryl methyl sites for hydroxylation is 1. The molecule has 10 aromatic rings. The van der Waals surface area contributed by atoms with Crippen LogP contribution in [-0.2, 0) is 24.0 Å². The second-order valence-corrected chi connectivity index (χ2v) is 31.6. The SMILES string of the molecule is CCCCC[C@@](C)(CNC(C)=O)Nc1nc(N)nc2cccnc12.CCCC[C@@](C)(CNC(C)=O)Nc1nc(N)nc2cc(C)cnc12.CCCC[C@@](C)(CNC(C)=O)Nc1nc(N)nc2cc(Cl)cnc12.CCCC[C@@](C)(CNC(C)=O)Nc1nc(N)nc2cc(F)cnc12.CCCC[C@@](C)(CNC(C)=O)Nc1nc(N)nc2cccnc12. The van der Waals surface area contributed by atoms with E-state index in [2.05, 4.69) is 183 Å². The molecule has 5 amide bonds. The number of aromatic nitrogens is 15. The molecule has 0 saturated heterocycles. The van der Waals surface area contributed by atoms with Gasteiger partial charge < -0.3 is 81.8 Å². The molecule has 10 heterocycles. The van der Waals surface area contributed by atoms with E-state index in [1.165, 1.54) is 40.7 Å². The summed E-state index contributed by atoms with van der Waals surface area (Å²) in [6.45, 7) is 32.8. The predicted octanol–water partition coefficient (Wildman–Crippen LogP) is 12.0. The number of rotatable bonds is 36. The van der Waals surface area contributed by atoms with E-state index < -0.39 is 11.4 Å². The highest BCUT2D eigenvalue weighted by Crippen LogP contribution is 2.32. The lowest BCUT2D eigenvalue weighted by molar-refractivity contribution is -0.120. The number of amides is 5.